The lowest BCUT2D eigenvalue weighted by atomic mass is 10.0. The zero-order chi connectivity index (χ0) is 25.1. The molecule has 2 aliphatic heterocycles. The Morgan fingerprint density at radius 2 is 1.18 bits per heavy atom. The van der Waals surface area contributed by atoms with Gasteiger partial charge in [0, 0.05) is 34.0 Å². The fraction of sp³-hybridized carbons (Fsp3) is 0.222. The molecule has 38 heavy (non-hydrogen) atoms. The molecule has 7 heterocycles. The standard InChI is InChI=1S/C27H21N9S2/c1-2-6-16(7-3-1)17-12-20(24-14-18-22(37-24)8-4-10-35-26(18)29-31-33-35)28-21(13-17)25-15-19-23(38-25)9-5-11-36-27(19)30-32-34-36/h1-3,6-7,12-15H,4-5,8-11H2. The highest BCUT2D eigenvalue weighted by molar-refractivity contribution is 7.16. The predicted molar refractivity (Wildman–Crippen MR) is 147 cm³/mol. The Bertz CT molecular complexity index is 1690. The first-order chi connectivity index (χ1) is 18.8. The molecule has 0 saturated carbocycles. The number of pyridine rings is 1. The van der Waals surface area contributed by atoms with Gasteiger partial charge in [0.05, 0.1) is 21.1 Å². The molecular formula is C27H21N9S2. The van der Waals surface area contributed by atoms with Crippen molar-refractivity contribution in [1.29, 1.82) is 0 Å². The van der Waals surface area contributed by atoms with Crippen molar-refractivity contribution in [2.45, 2.75) is 38.8 Å². The number of rotatable bonds is 3. The molecule has 0 bridgehead atoms. The average Bonchev–Trinajstić information content (AvgIpc) is 3.74. The Balaban J connectivity index is 1.29. The second-order valence-corrected chi connectivity index (χ2v) is 11.8. The van der Waals surface area contributed by atoms with Gasteiger partial charge in [-0.2, -0.15) is 0 Å². The Labute approximate surface area is 225 Å². The molecule has 0 spiro atoms. The maximum Gasteiger partial charge on any atom is 0.183 e. The Hall–Kier alpha value is -4.09. The Kier molecular flexibility index (Phi) is 5.05. The first-order valence-electron chi connectivity index (χ1n) is 12.7. The average molecular weight is 536 g/mol. The van der Waals surface area contributed by atoms with E-state index in [2.05, 4.69) is 79.6 Å². The van der Waals surface area contributed by atoms with Crippen LogP contribution in [0, 0.1) is 0 Å². The summed E-state index contributed by atoms with van der Waals surface area (Å²) in [6.45, 7) is 1.69. The molecule has 0 amide bonds. The molecule has 1 aromatic carbocycles. The van der Waals surface area contributed by atoms with Crippen molar-refractivity contribution in [3.05, 3.63) is 64.4 Å². The zero-order valence-electron chi connectivity index (χ0n) is 20.3. The third-order valence-electron chi connectivity index (χ3n) is 7.15. The van der Waals surface area contributed by atoms with Crippen LogP contribution in [-0.4, -0.2) is 45.4 Å². The van der Waals surface area contributed by atoms with Gasteiger partial charge in [0.15, 0.2) is 11.6 Å². The first-order valence-corrected chi connectivity index (χ1v) is 14.3. The highest BCUT2D eigenvalue weighted by Gasteiger charge is 2.24. The molecule has 0 saturated heterocycles. The maximum absolute atomic E-state index is 5.22. The van der Waals surface area contributed by atoms with Crippen LogP contribution in [0.15, 0.2) is 54.6 Å². The van der Waals surface area contributed by atoms with Gasteiger partial charge in [-0.05, 0) is 81.9 Å². The van der Waals surface area contributed by atoms with Crippen LogP contribution >= 0.6 is 22.7 Å². The van der Waals surface area contributed by atoms with Crippen LogP contribution in [0.3, 0.4) is 0 Å². The molecule has 186 valence electrons. The topological polar surface area (TPSA) is 100 Å². The van der Waals surface area contributed by atoms with Gasteiger partial charge < -0.3 is 0 Å². The molecule has 0 radical (unpaired) electrons. The molecule has 9 nitrogen and oxygen atoms in total. The molecule has 11 heteroatoms. The van der Waals surface area contributed by atoms with Crippen LogP contribution in [-0.2, 0) is 25.9 Å². The van der Waals surface area contributed by atoms with Gasteiger partial charge in [-0.15, -0.1) is 32.9 Å². The summed E-state index contributed by atoms with van der Waals surface area (Å²) < 4.78 is 3.82. The number of aromatic nitrogens is 9. The number of fused-ring (bicyclic) bond motifs is 6. The number of benzene rings is 1. The Morgan fingerprint density at radius 3 is 1.74 bits per heavy atom. The van der Waals surface area contributed by atoms with Gasteiger partial charge in [0.25, 0.3) is 0 Å². The van der Waals surface area contributed by atoms with Gasteiger partial charge in [-0.3, -0.25) is 0 Å². The van der Waals surface area contributed by atoms with Crippen molar-refractivity contribution in [1.82, 2.24) is 45.4 Å². The molecule has 5 aromatic heterocycles. The fourth-order valence-corrected chi connectivity index (χ4v) is 7.63. The number of thiophene rings is 2. The summed E-state index contributed by atoms with van der Waals surface area (Å²) in [5, 5.41) is 24.9. The normalized spacial score (nSPS) is 14.2. The highest BCUT2D eigenvalue weighted by Crippen LogP contribution is 2.42. The minimum atomic E-state index is 0.845. The maximum atomic E-state index is 5.22. The second kappa shape index (κ2) is 8.74. The molecule has 2 aliphatic rings. The number of hydrogen-bond acceptors (Lipinski definition) is 9. The van der Waals surface area contributed by atoms with Crippen LogP contribution in [0.25, 0.3) is 55.0 Å². The monoisotopic (exact) mass is 535 g/mol. The fourth-order valence-electron chi connectivity index (χ4n) is 5.32. The first kappa shape index (κ1) is 21.9. The van der Waals surface area contributed by atoms with E-state index in [4.69, 9.17) is 4.98 Å². The van der Waals surface area contributed by atoms with E-state index in [0.29, 0.717) is 0 Å². The summed E-state index contributed by atoms with van der Waals surface area (Å²) in [6.07, 6.45) is 4.05. The zero-order valence-corrected chi connectivity index (χ0v) is 21.9. The van der Waals surface area contributed by atoms with Gasteiger partial charge in [-0.25, -0.2) is 14.3 Å². The largest absolute Gasteiger partial charge is 0.246 e. The molecule has 0 unspecified atom stereocenters. The van der Waals surface area contributed by atoms with Crippen LogP contribution in [0.5, 0.6) is 0 Å². The highest BCUT2D eigenvalue weighted by atomic mass is 32.1. The van der Waals surface area contributed by atoms with E-state index in [1.54, 1.807) is 22.7 Å². The van der Waals surface area contributed by atoms with E-state index in [9.17, 15) is 0 Å². The van der Waals surface area contributed by atoms with Crippen LogP contribution in [0.4, 0.5) is 0 Å². The number of nitrogens with zero attached hydrogens (tertiary/aromatic N) is 9. The molecular weight excluding hydrogens is 514 g/mol. The van der Waals surface area contributed by atoms with Crippen LogP contribution in [0.2, 0.25) is 0 Å². The van der Waals surface area contributed by atoms with Crippen molar-refractivity contribution in [2.24, 2.45) is 0 Å². The van der Waals surface area contributed by atoms with Crippen molar-refractivity contribution < 1.29 is 0 Å². The molecule has 6 aromatic rings. The summed E-state index contributed by atoms with van der Waals surface area (Å²) in [5.41, 5.74) is 6.49. The van der Waals surface area contributed by atoms with Crippen molar-refractivity contribution in [2.75, 3.05) is 0 Å². The number of aryl methyl sites for hydroxylation is 4. The quantitative estimate of drug-likeness (QED) is 0.299. The molecule has 0 aliphatic carbocycles. The summed E-state index contributed by atoms with van der Waals surface area (Å²) in [4.78, 5) is 10.1. The molecule has 0 fully saturated rings. The van der Waals surface area contributed by atoms with E-state index < -0.39 is 0 Å². The molecule has 0 atom stereocenters. The van der Waals surface area contributed by atoms with Gasteiger partial charge in [0.2, 0.25) is 0 Å². The summed E-state index contributed by atoms with van der Waals surface area (Å²) in [5.74, 6) is 1.69. The molecule has 8 rings (SSSR count). The lowest BCUT2D eigenvalue weighted by molar-refractivity contribution is 0.572. The van der Waals surface area contributed by atoms with Crippen LogP contribution in [0.1, 0.15) is 22.6 Å². The number of hydrogen-bond donors (Lipinski definition) is 0. The van der Waals surface area contributed by atoms with Gasteiger partial charge in [-0.1, -0.05) is 30.3 Å². The van der Waals surface area contributed by atoms with Gasteiger partial charge >= 0.3 is 0 Å². The predicted octanol–water partition coefficient (Wildman–Crippen LogP) is 5.41. The lowest BCUT2D eigenvalue weighted by Crippen LogP contribution is -2.00. The van der Waals surface area contributed by atoms with Crippen molar-refractivity contribution >= 4 is 22.7 Å². The minimum Gasteiger partial charge on any atom is -0.246 e. The lowest BCUT2D eigenvalue weighted by Gasteiger charge is -2.08. The van der Waals surface area contributed by atoms with E-state index in [1.807, 2.05) is 15.4 Å². The second-order valence-electron chi connectivity index (χ2n) is 9.55. The smallest absolute Gasteiger partial charge is 0.183 e. The van der Waals surface area contributed by atoms with Crippen molar-refractivity contribution in [3.63, 3.8) is 0 Å². The third kappa shape index (κ3) is 3.61. The summed E-state index contributed by atoms with van der Waals surface area (Å²) in [7, 11) is 0. The van der Waals surface area contributed by atoms with E-state index in [0.717, 1.165) is 88.3 Å². The Morgan fingerprint density at radius 1 is 0.632 bits per heavy atom. The van der Waals surface area contributed by atoms with Gasteiger partial charge in [0.1, 0.15) is 0 Å². The van der Waals surface area contributed by atoms with E-state index in [1.165, 1.54) is 15.3 Å². The SMILES string of the molecule is c1ccc(-c2cc(-c3cc4c(s3)CCCn3nnnc3-4)nc(-c3cc4c(s3)CCCn3nnnc3-4)c2)cc1. The van der Waals surface area contributed by atoms with E-state index >= 15 is 0 Å². The van der Waals surface area contributed by atoms with Crippen LogP contribution < -0.4 is 0 Å². The molecule has 0 N–H and O–H groups in total. The summed E-state index contributed by atoms with van der Waals surface area (Å²) >= 11 is 3.60. The minimum absolute atomic E-state index is 0.845. The van der Waals surface area contributed by atoms with E-state index in [-0.39, 0.29) is 0 Å². The third-order valence-corrected chi connectivity index (χ3v) is 9.58. The summed E-state index contributed by atoms with van der Waals surface area (Å²) in [6, 6.07) is 19.3. The van der Waals surface area contributed by atoms with Crippen molar-refractivity contribution in [3.8, 4) is 55.0 Å². The number of tetrazole rings is 2.